The second-order valence-corrected chi connectivity index (χ2v) is 6.39. The Morgan fingerprint density at radius 2 is 2.14 bits per heavy atom. The van der Waals surface area contributed by atoms with Crippen LogP contribution in [0.15, 0.2) is 57.5 Å². The molecule has 0 atom stereocenters. The van der Waals surface area contributed by atoms with Crippen LogP contribution in [0.2, 0.25) is 0 Å². The molecule has 2 aromatic heterocycles. The third kappa shape index (κ3) is 2.93. The highest BCUT2D eigenvalue weighted by Crippen LogP contribution is 2.20. The van der Waals surface area contributed by atoms with Gasteiger partial charge in [0.25, 0.3) is 5.56 Å². The second-order valence-electron chi connectivity index (χ2n) is 4.31. The molecule has 3 aromatic rings. The zero-order valence-corrected chi connectivity index (χ0v) is 13.3. The fraction of sp³-hybridized carbons (Fsp3) is 0.0714. The van der Waals surface area contributed by atoms with Crippen LogP contribution in [0.1, 0.15) is 0 Å². The van der Waals surface area contributed by atoms with Crippen molar-refractivity contribution in [3.63, 3.8) is 0 Å². The monoisotopic (exact) mass is 362 g/mol. The highest BCUT2D eigenvalue weighted by atomic mass is 79.9. The van der Waals surface area contributed by atoms with Gasteiger partial charge in [-0.25, -0.2) is 9.67 Å². The zero-order valence-electron chi connectivity index (χ0n) is 10.9. The molecule has 0 fully saturated rings. The SMILES string of the molecule is C=C(Br)CSc1nc2c(cnn2-c2ccccc2)c(=O)[nH]1. The number of para-hydroxylation sites is 1. The summed E-state index contributed by atoms with van der Waals surface area (Å²) in [6, 6.07) is 9.60. The van der Waals surface area contributed by atoms with Gasteiger partial charge in [0.1, 0.15) is 5.39 Å². The van der Waals surface area contributed by atoms with E-state index in [1.807, 2.05) is 30.3 Å². The number of nitrogens with one attached hydrogen (secondary N) is 1. The average Bonchev–Trinajstić information content (AvgIpc) is 2.90. The molecule has 0 bridgehead atoms. The number of hydrogen-bond donors (Lipinski definition) is 1. The third-order valence-corrected chi connectivity index (χ3v) is 4.39. The van der Waals surface area contributed by atoms with E-state index in [-0.39, 0.29) is 5.56 Å². The molecule has 3 rings (SSSR count). The van der Waals surface area contributed by atoms with Crippen molar-refractivity contribution in [3.8, 4) is 5.69 Å². The predicted molar refractivity (Wildman–Crippen MR) is 88.3 cm³/mol. The summed E-state index contributed by atoms with van der Waals surface area (Å²) in [6.07, 6.45) is 1.53. The molecule has 106 valence electrons. The molecule has 0 unspecified atom stereocenters. The predicted octanol–water partition coefficient (Wildman–Crippen LogP) is 3.11. The molecule has 21 heavy (non-hydrogen) atoms. The van der Waals surface area contributed by atoms with E-state index in [1.54, 1.807) is 4.68 Å². The van der Waals surface area contributed by atoms with Crippen LogP contribution in [-0.4, -0.2) is 25.5 Å². The van der Waals surface area contributed by atoms with E-state index < -0.39 is 0 Å². The molecule has 0 saturated carbocycles. The van der Waals surface area contributed by atoms with Crippen molar-refractivity contribution in [1.82, 2.24) is 19.7 Å². The highest BCUT2D eigenvalue weighted by molar-refractivity contribution is 9.11. The lowest BCUT2D eigenvalue weighted by Crippen LogP contribution is -2.09. The number of aromatic amines is 1. The Morgan fingerprint density at radius 1 is 1.38 bits per heavy atom. The van der Waals surface area contributed by atoms with Crippen LogP contribution in [0.3, 0.4) is 0 Å². The van der Waals surface area contributed by atoms with Crippen molar-refractivity contribution in [3.05, 3.63) is 57.9 Å². The van der Waals surface area contributed by atoms with E-state index in [1.165, 1.54) is 18.0 Å². The maximum Gasteiger partial charge on any atom is 0.262 e. The van der Waals surface area contributed by atoms with Gasteiger partial charge in [-0.1, -0.05) is 52.5 Å². The molecule has 0 radical (unpaired) electrons. The molecule has 0 aliphatic heterocycles. The Kier molecular flexibility index (Phi) is 3.94. The van der Waals surface area contributed by atoms with Gasteiger partial charge in [0.2, 0.25) is 0 Å². The molecule has 2 heterocycles. The Balaban J connectivity index is 2.11. The maximum absolute atomic E-state index is 12.1. The molecule has 0 spiro atoms. The zero-order chi connectivity index (χ0) is 14.8. The summed E-state index contributed by atoms with van der Waals surface area (Å²) in [5, 5.41) is 5.28. The van der Waals surface area contributed by atoms with E-state index in [4.69, 9.17) is 0 Å². The summed E-state index contributed by atoms with van der Waals surface area (Å²) in [5.41, 5.74) is 1.23. The Labute approximate surface area is 133 Å². The molecule has 0 aliphatic carbocycles. The lowest BCUT2D eigenvalue weighted by atomic mass is 10.3. The molecule has 7 heteroatoms. The molecule has 0 amide bonds. The first-order chi connectivity index (χ1) is 10.1. The minimum atomic E-state index is -0.190. The summed E-state index contributed by atoms with van der Waals surface area (Å²) in [7, 11) is 0. The number of benzene rings is 1. The molecular weight excluding hydrogens is 352 g/mol. The van der Waals surface area contributed by atoms with Crippen LogP contribution in [0.5, 0.6) is 0 Å². The van der Waals surface area contributed by atoms with Crippen molar-refractivity contribution in [2.75, 3.05) is 5.75 Å². The first kappa shape index (κ1) is 14.1. The van der Waals surface area contributed by atoms with Crippen LogP contribution in [0.25, 0.3) is 16.7 Å². The van der Waals surface area contributed by atoms with Crippen LogP contribution >= 0.6 is 27.7 Å². The number of H-pyrrole nitrogens is 1. The molecule has 1 aromatic carbocycles. The standard InChI is InChI=1S/C14H11BrN4OS/c1-9(15)8-21-14-17-12-11(13(20)18-14)7-16-19(12)10-5-3-2-4-6-10/h2-7H,1,8H2,(H,17,18,20). The van der Waals surface area contributed by atoms with Crippen LogP contribution in [-0.2, 0) is 0 Å². The van der Waals surface area contributed by atoms with Crippen molar-refractivity contribution in [2.24, 2.45) is 0 Å². The minimum Gasteiger partial charge on any atom is -0.301 e. The minimum absolute atomic E-state index is 0.190. The summed E-state index contributed by atoms with van der Waals surface area (Å²) >= 11 is 4.70. The van der Waals surface area contributed by atoms with E-state index >= 15 is 0 Å². The van der Waals surface area contributed by atoms with Gasteiger partial charge in [0, 0.05) is 5.75 Å². The van der Waals surface area contributed by atoms with Crippen LogP contribution in [0, 0.1) is 0 Å². The van der Waals surface area contributed by atoms with Crippen LogP contribution < -0.4 is 5.56 Å². The first-order valence-corrected chi connectivity index (χ1v) is 7.92. The summed E-state index contributed by atoms with van der Waals surface area (Å²) in [5.74, 6) is 0.633. The molecule has 5 nitrogen and oxygen atoms in total. The van der Waals surface area contributed by atoms with Gasteiger partial charge in [0.15, 0.2) is 10.8 Å². The third-order valence-electron chi connectivity index (χ3n) is 2.78. The lowest BCUT2D eigenvalue weighted by molar-refractivity contribution is 0.873. The average molecular weight is 363 g/mol. The number of rotatable bonds is 4. The van der Waals surface area contributed by atoms with Gasteiger partial charge >= 0.3 is 0 Å². The van der Waals surface area contributed by atoms with E-state index in [2.05, 4.69) is 37.6 Å². The smallest absolute Gasteiger partial charge is 0.262 e. The fourth-order valence-electron chi connectivity index (χ4n) is 1.87. The lowest BCUT2D eigenvalue weighted by Gasteiger charge is -2.04. The van der Waals surface area contributed by atoms with Crippen molar-refractivity contribution >= 4 is 38.7 Å². The number of aromatic nitrogens is 4. The molecule has 0 aliphatic rings. The number of thioether (sulfide) groups is 1. The molecule has 0 saturated heterocycles. The summed E-state index contributed by atoms with van der Waals surface area (Å²) in [4.78, 5) is 19.3. The van der Waals surface area contributed by atoms with Crippen molar-refractivity contribution < 1.29 is 0 Å². The van der Waals surface area contributed by atoms with Gasteiger partial charge in [0.05, 0.1) is 11.9 Å². The topological polar surface area (TPSA) is 63.6 Å². The number of nitrogens with zero attached hydrogens (tertiary/aromatic N) is 3. The van der Waals surface area contributed by atoms with Gasteiger partial charge in [-0.2, -0.15) is 5.10 Å². The van der Waals surface area contributed by atoms with Gasteiger partial charge in [-0.3, -0.25) is 4.79 Å². The first-order valence-electron chi connectivity index (χ1n) is 6.14. The quantitative estimate of drug-likeness (QED) is 0.572. The number of hydrogen-bond acceptors (Lipinski definition) is 4. The fourth-order valence-corrected chi connectivity index (χ4v) is 2.82. The largest absolute Gasteiger partial charge is 0.301 e. The Bertz CT molecular complexity index is 856. The molecular formula is C14H11BrN4OS. The second kappa shape index (κ2) is 5.87. The normalized spacial score (nSPS) is 10.9. The summed E-state index contributed by atoms with van der Waals surface area (Å²) < 4.78 is 2.50. The maximum atomic E-state index is 12.1. The molecule has 1 N–H and O–H groups in total. The number of halogens is 1. The Hall–Kier alpha value is -1.86. The van der Waals surface area contributed by atoms with E-state index in [0.717, 1.165) is 10.2 Å². The Morgan fingerprint density at radius 3 is 2.86 bits per heavy atom. The van der Waals surface area contributed by atoms with Gasteiger partial charge in [-0.15, -0.1) is 0 Å². The van der Waals surface area contributed by atoms with E-state index in [9.17, 15) is 4.79 Å². The van der Waals surface area contributed by atoms with Gasteiger partial charge < -0.3 is 4.98 Å². The summed E-state index contributed by atoms with van der Waals surface area (Å²) in [6.45, 7) is 3.77. The number of fused-ring (bicyclic) bond motifs is 1. The van der Waals surface area contributed by atoms with Crippen LogP contribution in [0.4, 0.5) is 0 Å². The van der Waals surface area contributed by atoms with Crippen molar-refractivity contribution in [2.45, 2.75) is 5.16 Å². The van der Waals surface area contributed by atoms with Gasteiger partial charge in [-0.05, 0) is 16.6 Å². The highest BCUT2D eigenvalue weighted by Gasteiger charge is 2.11. The van der Waals surface area contributed by atoms with E-state index in [0.29, 0.717) is 21.9 Å². The van der Waals surface area contributed by atoms with Crippen molar-refractivity contribution in [1.29, 1.82) is 0 Å².